The number of urea groups is 1. The number of ether oxygens (including phenoxy) is 1. The number of furan rings is 1. The van der Waals surface area contributed by atoms with Crippen LogP contribution in [0.15, 0.2) is 102 Å². The number of nitrogens with zero attached hydrogens (tertiary/aromatic N) is 2. The number of carbonyl (C=O) groups is 1. The molecule has 0 radical (unpaired) electrons. The lowest BCUT2D eigenvalue weighted by Crippen LogP contribution is -2.34. The number of anilines is 1. The fourth-order valence-electron chi connectivity index (χ4n) is 3.51. The summed E-state index contributed by atoms with van der Waals surface area (Å²) in [7, 11) is 0. The molecule has 2 amide bonds. The van der Waals surface area contributed by atoms with Gasteiger partial charge in [-0.25, -0.2) is 4.79 Å². The molecule has 3 aromatic carbocycles. The van der Waals surface area contributed by atoms with Crippen molar-refractivity contribution in [3.63, 3.8) is 0 Å². The molecule has 0 saturated carbocycles. The number of nitrogens with one attached hydrogen (secondary N) is 1. The Morgan fingerprint density at radius 2 is 1.65 bits per heavy atom. The van der Waals surface area contributed by atoms with E-state index in [1.807, 2.05) is 91.0 Å². The van der Waals surface area contributed by atoms with Crippen LogP contribution in [0.25, 0.3) is 0 Å². The van der Waals surface area contributed by atoms with Gasteiger partial charge in [0, 0.05) is 17.8 Å². The normalized spacial score (nSPS) is 10.3. The van der Waals surface area contributed by atoms with E-state index in [2.05, 4.69) is 11.4 Å². The first-order chi connectivity index (χ1) is 16.7. The second kappa shape index (κ2) is 11.4. The Hall–Kier alpha value is -4.50. The minimum absolute atomic E-state index is 0.228. The van der Waals surface area contributed by atoms with E-state index in [1.54, 1.807) is 11.2 Å². The van der Waals surface area contributed by atoms with E-state index in [4.69, 9.17) is 14.4 Å². The fourth-order valence-corrected chi connectivity index (χ4v) is 3.51. The second-order valence-electron chi connectivity index (χ2n) is 7.78. The zero-order valence-corrected chi connectivity index (χ0v) is 18.7. The van der Waals surface area contributed by atoms with Gasteiger partial charge in [0.15, 0.2) is 0 Å². The summed E-state index contributed by atoms with van der Waals surface area (Å²) in [5.41, 5.74) is 3.51. The van der Waals surface area contributed by atoms with Crippen LogP contribution in [-0.2, 0) is 26.1 Å². The van der Waals surface area contributed by atoms with Crippen molar-refractivity contribution < 1.29 is 13.9 Å². The largest absolute Gasteiger partial charge is 0.489 e. The summed E-state index contributed by atoms with van der Waals surface area (Å²) >= 11 is 0. The van der Waals surface area contributed by atoms with Gasteiger partial charge in [0.2, 0.25) is 0 Å². The summed E-state index contributed by atoms with van der Waals surface area (Å²) in [6, 6.07) is 30.4. The minimum Gasteiger partial charge on any atom is -0.489 e. The molecule has 34 heavy (non-hydrogen) atoms. The summed E-state index contributed by atoms with van der Waals surface area (Å²) in [6.45, 7) is 1.09. The Balaban J connectivity index is 1.45. The van der Waals surface area contributed by atoms with Gasteiger partial charge in [-0.05, 0) is 41.5 Å². The van der Waals surface area contributed by atoms with Crippen molar-refractivity contribution in [3.05, 3.63) is 120 Å². The van der Waals surface area contributed by atoms with Gasteiger partial charge in [-0.1, -0.05) is 60.7 Å². The van der Waals surface area contributed by atoms with Crippen molar-refractivity contribution in [1.82, 2.24) is 4.90 Å². The molecule has 170 valence electrons. The maximum atomic E-state index is 13.3. The number of para-hydroxylation sites is 1. The number of amides is 2. The van der Waals surface area contributed by atoms with E-state index in [9.17, 15) is 4.79 Å². The first-order valence-electron chi connectivity index (χ1n) is 11.0. The first kappa shape index (κ1) is 22.7. The zero-order valence-electron chi connectivity index (χ0n) is 18.7. The standard InChI is InChI=1S/C28H25N3O3/c29-17-16-22-12-14-25(15-13-22)34-21-24-9-4-5-11-27(24)30-28(32)31(20-26-10-6-18-33-26)19-23-7-2-1-3-8-23/h1-15,18H,16,19-21H2,(H,30,32). The van der Waals surface area contributed by atoms with E-state index in [1.165, 1.54) is 0 Å². The van der Waals surface area contributed by atoms with Gasteiger partial charge in [0.1, 0.15) is 18.1 Å². The van der Waals surface area contributed by atoms with Gasteiger partial charge in [-0.3, -0.25) is 0 Å². The molecule has 0 atom stereocenters. The molecule has 0 fully saturated rings. The lowest BCUT2D eigenvalue weighted by Gasteiger charge is -2.23. The van der Waals surface area contributed by atoms with Crippen molar-refractivity contribution >= 4 is 11.7 Å². The lowest BCUT2D eigenvalue weighted by molar-refractivity contribution is 0.201. The second-order valence-corrected chi connectivity index (χ2v) is 7.78. The van der Waals surface area contributed by atoms with Crippen molar-refractivity contribution in [2.24, 2.45) is 0 Å². The molecular formula is C28H25N3O3. The third-order valence-electron chi connectivity index (χ3n) is 5.29. The molecule has 1 heterocycles. The van der Waals surface area contributed by atoms with Crippen LogP contribution in [-0.4, -0.2) is 10.9 Å². The average molecular weight is 452 g/mol. The molecule has 4 rings (SSSR count). The lowest BCUT2D eigenvalue weighted by atomic mass is 10.1. The highest BCUT2D eigenvalue weighted by molar-refractivity contribution is 5.90. The van der Waals surface area contributed by atoms with Crippen LogP contribution in [0.5, 0.6) is 5.75 Å². The van der Waals surface area contributed by atoms with Crippen LogP contribution in [0.4, 0.5) is 10.5 Å². The predicted octanol–water partition coefficient (Wildman–Crippen LogP) is 6.16. The van der Waals surface area contributed by atoms with Crippen LogP contribution >= 0.6 is 0 Å². The van der Waals surface area contributed by atoms with Gasteiger partial charge >= 0.3 is 6.03 Å². The van der Waals surface area contributed by atoms with E-state index in [0.29, 0.717) is 43.3 Å². The summed E-state index contributed by atoms with van der Waals surface area (Å²) in [5.74, 6) is 1.41. The Morgan fingerprint density at radius 3 is 2.38 bits per heavy atom. The Morgan fingerprint density at radius 1 is 0.882 bits per heavy atom. The molecule has 0 aliphatic carbocycles. The number of nitriles is 1. The molecule has 0 saturated heterocycles. The molecule has 6 nitrogen and oxygen atoms in total. The van der Waals surface area contributed by atoms with Gasteiger partial charge in [-0.2, -0.15) is 5.26 Å². The highest BCUT2D eigenvalue weighted by atomic mass is 16.5. The van der Waals surface area contributed by atoms with Gasteiger partial charge < -0.3 is 19.4 Å². The van der Waals surface area contributed by atoms with Crippen molar-refractivity contribution in [1.29, 1.82) is 5.26 Å². The van der Waals surface area contributed by atoms with Gasteiger partial charge in [0.05, 0.1) is 25.3 Å². The summed E-state index contributed by atoms with van der Waals surface area (Å²) in [5, 5.41) is 11.8. The van der Waals surface area contributed by atoms with Gasteiger partial charge in [0.25, 0.3) is 0 Å². The zero-order chi connectivity index (χ0) is 23.6. The minimum atomic E-state index is -0.228. The molecule has 0 aliphatic rings. The van der Waals surface area contributed by atoms with Crippen LogP contribution in [0.3, 0.4) is 0 Å². The molecule has 0 unspecified atom stereocenters. The van der Waals surface area contributed by atoms with E-state index < -0.39 is 0 Å². The Labute approximate surface area is 199 Å². The van der Waals surface area contributed by atoms with E-state index >= 15 is 0 Å². The van der Waals surface area contributed by atoms with Crippen LogP contribution in [0.1, 0.15) is 22.5 Å². The monoisotopic (exact) mass is 451 g/mol. The topological polar surface area (TPSA) is 78.5 Å². The van der Waals surface area contributed by atoms with E-state index in [0.717, 1.165) is 16.7 Å². The quantitative estimate of drug-likeness (QED) is 0.331. The molecule has 0 spiro atoms. The van der Waals surface area contributed by atoms with Crippen LogP contribution in [0, 0.1) is 11.3 Å². The van der Waals surface area contributed by atoms with Crippen LogP contribution in [0.2, 0.25) is 0 Å². The number of rotatable bonds is 9. The van der Waals surface area contributed by atoms with Crippen molar-refractivity contribution in [2.45, 2.75) is 26.1 Å². The van der Waals surface area contributed by atoms with Crippen LogP contribution < -0.4 is 10.1 Å². The number of hydrogen-bond acceptors (Lipinski definition) is 4. The summed E-state index contributed by atoms with van der Waals surface area (Å²) in [6.07, 6.45) is 1.97. The highest BCUT2D eigenvalue weighted by Crippen LogP contribution is 2.21. The smallest absolute Gasteiger partial charge is 0.322 e. The molecule has 1 N–H and O–H groups in total. The number of carbonyl (C=O) groups excluding carboxylic acids is 1. The highest BCUT2D eigenvalue weighted by Gasteiger charge is 2.17. The van der Waals surface area contributed by atoms with Crippen molar-refractivity contribution in [3.8, 4) is 11.8 Å². The van der Waals surface area contributed by atoms with E-state index in [-0.39, 0.29) is 6.03 Å². The third kappa shape index (κ3) is 6.27. The fraction of sp³-hybridized carbons (Fsp3) is 0.143. The van der Waals surface area contributed by atoms with Crippen molar-refractivity contribution in [2.75, 3.05) is 5.32 Å². The Bertz CT molecular complexity index is 1230. The third-order valence-corrected chi connectivity index (χ3v) is 5.29. The summed E-state index contributed by atoms with van der Waals surface area (Å²) < 4.78 is 11.4. The number of hydrogen-bond donors (Lipinski definition) is 1. The maximum absolute atomic E-state index is 13.3. The molecule has 6 heteroatoms. The molecular weight excluding hydrogens is 426 g/mol. The predicted molar refractivity (Wildman–Crippen MR) is 130 cm³/mol. The SMILES string of the molecule is N#CCc1ccc(OCc2ccccc2NC(=O)N(Cc2ccccc2)Cc2ccco2)cc1. The molecule has 0 aliphatic heterocycles. The molecule has 0 bridgehead atoms. The number of benzene rings is 3. The maximum Gasteiger partial charge on any atom is 0.322 e. The van der Waals surface area contributed by atoms with Gasteiger partial charge in [-0.15, -0.1) is 0 Å². The summed E-state index contributed by atoms with van der Waals surface area (Å²) in [4.78, 5) is 15.0. The molecule has 1 aromatic heterocycles. The molecule has 4 aromatic rings. The average Bonchev–Trinajstić information content (AvgIpc) is 3.38. The Kier molecular flexibility index (Phi) is 7.60. The first-order valence-corrected chi connectivity index (χ1v) is 11.0.